The predicted molar refractivity (Wildman–Crippen MR) is 125 cm³/mol. The SMILES string of the molecule is CCC[C@@H]1CCC[C@@H](N2[C@@H]3CCC[C@H]2CC(CN(C(=O)O)S(=O)(=O)c2ccccc2)C3)C1. The third kappa shape index (κ3) is 4.98. The lowest BCUT2D eigenvalue weighted by molar-refractivity contribution is -0.0394. The number of carbonyl (C=O) groups is 1. The predicted octanol–water partition coefficient (Wildman–Crippen LogP) is 5.35. The van der Waals surface area contributed by atoms with E-state index in [0.29, 0.717) is 22.4 Å². The van der Waals surface area contributed by atoms with Crippen LogP contribution in [0, 0.1) is 11.8 Å². The number of sulfonamides is 1. The van der Waals surface area contributed by atoms with Gasteiger partial charge in [-0.1, -0.05) is 57.2 Å². The number of benzene rings is 1. The monoisotopic (exact) mass is 462 g/mol. The molecule has 3 fully saturated rings. The van der Waals surface area contributed by atoms with Crippen LogP contribution in [0.4, 0.5) is 4.79 Å². The lowest BCUT2D eigenvalue weighted by Gasteiger charge is -2.54. The summed E-state index contributed by atoms with van der Waals surface area (Å²) >= 11 is 0. The van der Waals surface area contributed by atoms with Crippen molar-refractivity contribution in [1.29, 1.82) is 0 Å². The minimum atomic E-state index is -4.05. The summed E-state index contributed by atoms with van der Waals surface area (Å²) in [4.78, 5) is 14.8. The highest BCUT2D eigenvalue weighted by Crippen LogP contribution is 2.43. The molecule has 6 nitrogen and oxygen atoms in total. The van der Waals surface area contributed by atoms with Gasteiger partial charge in [0.15, 0.2) is 0 Å². The summed E-state index contributed by atoms with van der Waals surface area (Å²) in [5, 5.41) is 9.78. The first kappa shape index (κ1) is 23.6. The first-order chi connectivity index (χ1) is 15.4. The Kier molecular flexibility index (Phi) is 7.45. The highest BCUT2D eigenvalue weighted by molar-refractivity contribution is 7.89. The van der Waals surface area contributed by atoms with Crippen molar-refractivity contribution in [2.24, 2.45) is 11.8 Å². The summed E-state index contributed by atoms with van der Waals surface area (Å²) in [6.45, 7) is 2.35. The van der Waals surface area contributed by atoms with Gasteiger partial charge in [-0.05, 0) is 62.5 Å². The van der Waals surface area contributed by atoms with Crippen LogP contribution in [0.2, 0.25) is 0 Å². The molecule has 1 N–H and O–H groups in total. The van der Waals surface area contributed by atoms with Gasteiger partial charge in [-0.25, -0.2) is 17.5 Å². The van der Waals surface area contributed by atoms with E-state index in [1.165, 1.54) is 57.1 Å². The second-order valence-electron chi connectivity index (χ2n) is 10.1. The lowest BCUT2D eigenvalue weighted by Crippen LogP contribution is -2.58. The van der Waals surface area contributed by atoms with Crippen molar-refractivity contribution in [3.8, 4) is 0 Å². The second-order valence-corrected chi connectivity index (χ2v) is 12.0. The Labute approximate surface area is 193 Å². The molecule has 2 heterocycles. The molecule has 2 aliphatic heterocycles. The average molecular weight is 463 g/mol. The molecule has 7 heteroatoms. The normalized spacial score (nSPS) is 31.2. The molecule has 5 atom stereocenters. The van der Waals surface area contributed by atoms with E-state index >= 15 is 0 Å². The van der Waals surface area contributed by atoms with E-state index in [1.54, 1.807) is 18.2 Å². The van der Waals surface area contributed by atoms with Crippen LogP contribution < -0.4 is 0 Å². The van der Waals surface area contributed by atoms with Crippen molar-refractivity contribution >= 4 is 16.1 Å². The van der Waals surface area contributed by atoms with Gasteiger partial charge in [-0.2, -0.15) is 0 Å². The Morgan fingerprint density at radius 1 is 0.969 bits per heavy atom. The largest absolute Gasteiger partial charge is 0.464 e. The number of nitrogens with zero attached hydrogens (tertiary/aromatic N) is 2. The number of hydrogen-bond acceptors (Lipinski definition) is 4. The third-order valence-corrected chi connectivity index (χ3v) is 9.72. The highest BCUT2D eigenvalue weighted by atomic mass is 32.2. The van der Waals surface area contributed by atoms with Crippen molar-refractivity contribution in [1.82, 2.24) is 9.21 Å². The van der Waals surface area contributed by atoms with Gasteiger partial charge in [0.25, 0.3) is 10.0 Å². The van der Waals surface area contributed by atoms with E-state index in [4.69, 9.17) is 0 Å². The van der Waals surface area contributed by atoms with Gasteiger partial charge in [0.05, 0.1) is 4.90 Å². The van der Waals surface area contributed by atoms with Crippen molar-refractivity contribution < 1.29 is 18.3 Å². The Morgan fingerprint density at radius 3 is 2.09 bits per heavy atom. The molecule has 1 unspecified atom stereocenters. The fraction of sp³-hybridized carbons (Fsp3) is 0.720. The molecule has 1 aromatic carbocycles. The molecule has 1 saturated carbocycles. The third-order valence-electron chi connectivity index (χ3n) is 7.97. The van der Waals surface area contributed by atoms with Gasteiger partial charge < -0.3 is 5.11 Å². The van der Waals surface area contributed by atoms with Crippen LogP contribution in [0.15, 0.2) is 35.2 Å². The van der Waals surface area contributed by atoms with Crippen LogP contribution in [0.3, 0.4) is 0 Å². The van der Waals surface area contributed by atoms with Crippen molar-refractivity contribution in [3.05, 3.63) is 30.3 Å². The molecular formula is C25H38N2O4S. The quantitative estimate of drug-likeness (QED) is 0.591. The zero-order valence-corrected chi connectivity index (χ0v) is 20.0. The van der Waals surface area contributed by atoms with E-state index in [9.17, 15) is 18.3 Å². The Hall–Kier alpha value is -1.60. The summed E-state index contributed by atoms with van der Waals surface area (Å²) in [5.74, 6) is 0.932. The first-order valence-electron chi connectivity index (χ1n) is 12.5. The smallest absolute Gasteiger partial charge is 0.421 e. The topological polar surface area (TPSA) is 77.9 Å². The van der Waals surface area contributed by atoms with Crippen LogP contribution in [0.5, 0.6) is 0 Å². The van der Waals surface area contributed by atoms with Crippen LogP contribution in [-0.2, 0) is 10.0 Å². The Bertz CT molecular complexity index is 859. The Balaban J connectivity index is 1.47. The van der Waals surface area contributed by atoms with Gasteiger partial charge in [0.1, 0.15) is 0 Å². The van der Waals surface area contributed by atoms with E-state index < -0.39 is 16.1 Å². The van der Waals surface area contributed by atoms with E-state index in [0.717, 1.165) is 31.6 Å². The summed E-state index contributed by atoms with van der Waals surface area (Å²) in [5.41, 5.74) is 0. The fourth-order valence-electron chi connectivity index (χ4n) is 6.71. The standard InChI is InChI=1S/C25H38N2O4S/c1-2-8-19-9-6-10-21(15-19)27-22-11-7-12-23(27)17-20(16-22)18-26(25(28)29)32(30,31)24-13-4-3-5-14-24/h3-5,13-14,19-23H,2,6-12,15-18H2,1H3,(H,28,29)/t19-,20?,21-,22-,23+/m1/s1. The molecule has 0 spiro atoms. The Morgan fingerprint density at radius 2 is 1.53 bits per heavy atom. The number of piperidine rings is 2. The molecule has 0 aromatic heterocycles. The number of carboxylic acid groups (broad SMARTS) is 1. The molecule has 1 aliphatic carbocycles. The molecule has 32 heavy (non-hydrogen) atoms. The molecule has 3 aliphatic rings. The van der Waals surface area contributed by atoms with Crippen molar-refractivity contribution in [2.45, 2.75) is 101 Å². The number of amides is 1. The van der Waals surface area contributed by atoms with E-state index in [2.05, 4.69) is 11.8 Å². The van der Waals surface area contributed by atoms with Gasteiger partial charge in [0.2, 0.25) is 0 Å². The average Bonchev–Trinajstić information content (AvgIpc) is 2.77. The first-order valence-corrected chi connectivity index (χ1v) is 13.9. The molecule has 1 aromatic rings. The summed E-state index contributed by atoms with van der Waals surface area (Å²) in [7, 11) is -4.05. The lowest BCUT2D eigenvalue weighted by atomic mass is 9.74. The minimum absolute atomic E-state index is 0.0456. The summed E-state index contributed by atoms with van der Waals surface area (Å²) < 4.78 is 26.8. The van der Waals surface area contributed by atoms with Gasteiger partial charge in [-0.3, -0.25) is 4.90 Å². The zero-order valence-electron chi connectivity index (χ0n) is 19.2. The zero-order chi connectivity index (χ0) is 22.7. The van der Waals surface area contributed by atoms with Crippen molar-refractivity contribution in [3.63, 3.8) is 0 Å². The molecule has 0 radical (unpaired) electrons. The van der Waals surface area contributed by atoms with Crippen LogP contribution in [-0.4, -0.2) is 53.5 Å². The summed E-state index contributed by atoms with van der Waals surface area (Å²) in [6, 6.07) is 9.52. The van der Waals surface area contributed by atoms with Crippen LogP contribution in [0.25, 0.3) is 0 Å². The van der Waals surface area contributed by atoms with Gasteiger partial charge in [-0.15, -0.1) is 0 Å². The number of rotatable bonds is 7. The molecular weight excluding hydrogens is 424 g/mol. The van der Waals surface area contributed by atoms with Crippen LogP contribution >= 0.6 is 0 Å². The maximum atomic E-state index is 13.0. The maximum absolute atomic E-state index is 13.0. The molecule has 2 saturated heterocycles. The minimum Gasteiger partial charge on any atom is -0.464 e. The van der Waals surface area contributed by atoms with E-state index in [1.807, 2.05) is 0 Å². The molecule has 4 rings (SSSR count). The summed E-state index contributed by atoms with van der Waals surface area (Å²) in [6.07, 6.45) is 11.8. The second kappa shape index (κ2) is 10.1. The fourth-order valence-corrected chi connectivity index (χ4v) is 8.08. The van der Waals surface area contributed by atoms with Crippen molar-refractivity contribution in [2.75, 3.05) is 6.54 Å². The number of hydrogen-bond donors (Lipinski definition) is 1. The maximum Gasteiger partial charge on any atom is 0.421 e. The molecule has 178 valence electrons. The van der Waals surface area contributed by atoms with E-state index in [-0.39, 0.29) is 17.4 Å². The molecule has 1 amide bonds. The van der Waals surface area contributed by atoms with Gasteiger partial charge >= 0.3 is 6.09 Å². The van der Waals surface area contributed by atoms with Crippen LogP contribution in [0.1, 0.15) is 77.6 Å². The molecule has 2 bridgehead atoms. The van der Waals surface area contributed by atoms with Gasteiger partial charge in [0, 0.05) is 24.7 Å². The highest BCUT2D eigenvalue weighted by Gasteiger charge is 2.44. The number of fused-ring (bicyclic) bond motifs is 2.